The lowest BCUT2D eigenvalue weighted by molar-refractivity contribution is -0.137. The molecular weight excluding hydrogens is 345 g/mol. The fourth-order valence-electron chi connectivity index (χ4n) is 1.58. The van der Waals surface area contributed by atoms with Gasteiger partial charge in [-0.3, -0.25) is 5.43 Å². The number of aromatic nitrogens is 1. The van der Waals surface area contributed by atoms with Gasteiger partial charge in [0.15, 0.2) is 5.82 Å². The normalized spacial score (nSPS) is 10.8. The predicted octanol–water partition coefficient (Wildman–Crippen LogP) is 3.40. The first-order chi connectivity index (χ1) is 11.2. The van der Waals surface area contributed by atoms with Gasteiger partial charge in [-0.2, -0.15) is 28.8 Å². The summed E-state index contributed by atoms with van der Waals surface area (Å²) in [5.41, 5.74) is 1.83. The summed E-state index contributed by atoms with van der Waals surface area (Å²) in [5.74, 6) is -0.0444. The van der Waals surface area contributed by atoms with Crippen LogP contribution < -0.4 is 5.43 Å². The quantitative estimate of drug-likeness (QED) is 0.496. The maximum atomic E-state index is 12.5. The lowest BCUT2D eigenvalue weighted by Gasteiger charge is -2.15. The van der Waals surface area contributed by atoms with Crippen LogP contribution in [0.3, 0.4) is 0 Å². The van der Waals surface area contributed by atoms with Gasteiger partial charge in [-0.25, -0.2) is 4.98 Å². The standard InChI is InChI=1S/C14H12ClF3N6/c1-24(2)12(9(6-19)7-20)3-4-22-23-13-11(15)5-10(8-21-13)14(16,17)18/h4-5,8H,3H2,1-2H3,(H,21,23). The Labute approximate surface area is 141 Å². The van der Waals surface area contributed by atoms with Gasteiger partial charge in [0.2, 0.25) is 0 Å². The van der Waals surface area contributed by atoms with Gasteiger partial charge in [0.25, 0.3) is 0 Å². The highest BCUT2D eigenvalue weighted by atomic mass is 35.5. The van der Waals surface area contributed by atoms with Crippen molar-refractivity contribution in [2.24, 2.45) is 5.10 Å². The molecule has 0 aromatic carbocycles. The minimum Gasteiger partial charge on any atom is -0.379 e. The highest BCUT2D eigenvalue weighted by Gasteiger charge is 2.31. The zero-order valence-electron chi connectivity index (χ0n) is 12.7. The summed E-state index contributed by atoms with van der Waals surface area (Å²) in [6, 6.07) is 4.29. The molecule has 0 aliphatic carbocycles. The number of rotatable bonds is 5. The molecule has 0 aliphatic rings. The van der Waals surface area contributed by atoms with Crippen molar-refractivity contribution in [3.63, 3.8) is 0 Å². The van der Waals surface area contributed by atoms with Crippen LogP contribution in [0.1, 0.15) is 12.0 Å². The van der Waals surface area contributed by atoms with E-state index >= 15 is 0 Å². The number of allylic oxidation sites excluding steroid dienone is 2. The van der Waals surface area contributed by atoms with Crippen molar-refractivity contribution in [1.29, 1.82) is 10.5 Å². The molecule has 0 amide bonds. The van der Waals surface area contributed by atoms with E-state index in [1.807, 2.05) is 0 Å². The molecule has 1 heterocycles. The number of nitrogens with one attached hydrogen (secondary N) is 1. The van der Waals surface area contributed by atoms with Crippen LogP contribution in [-0.2, 0) is 6.18 Å². The van der Waals surface area contributed by atoms with Crippen molar-refractivity contribution >= 4 is 23.6 Å². The molecule has 1 aromatic rings. The molecule has 10 heteroatoms. The third-order valence-electron chi connectivity index (χ3n) is 2.77. The monoisotopic (exact) mass is 356 g/mol. The molecule has 126 valence electrons. The van der Waals surface area contributed by atoms with E-state index in [0.29, 0.717) is 11.9 Å². The van der Waals surface area contributed by atoms with Crippen LogP contribution in [0.5, 0.6) is 0 Å². The molecule has 0 aliphatic heterocycles. The average Bonchev–Trinajstić information content (AvgIpc) is 2.50. The first-order valence-corrected chi connectivity index (χ1v) is 6.79. The molecule has 0 atom stereocenters. The van der Waals surface area contributed by atoms with Gasteiger partial charge in [0, 0.05) is 38.6 Å². The van der Waals surface area contributed by atoms with Crippen LogP contribution in [0.2, 0.25) is 5.02 Å². The first kappa shape index (κ1) is 19.3. The molecule has 1 rings (SSSR count). The second-order valence-electron chi connectivity index (χ2n) is 4.62. The van der Waals surface area contributed by atoms with Crippen molar-refractivity contribution in [3.8, 4) is 12.1 Å². The van der Waals surface area contributed by atoms with E-state index < -0.39 is 11.7 Å². The van der Waals surface area contributed by atoms with E-state index in [0.717, 1.165) is 6.07 Å². The Kier molecular flexibility index (Phi) is 6.57. The zero-order chi connectivity index (χ0) is 18.3. The van der Waals surface area contributed by atoms with Crippen LogP contribution >= 0.6 is 11.6 Å². The predicted molar refractivity (Wildman–Crippen MR) is 82.9 cm³/mol. The van der Waals surface area contributed by atoms with Crippen molar-refractivity contribution in [2.45, 2.75) is 12.6 Å². The topological polar surface area (TPSA) is 88.1 Å². The number of hydrogen-bond acceptors (Lipinski definition) is 6. The molecule has 0 fully saturated rings. The average molecular weight is 357 g/mol. The fourth-order valence-corrected chi connectivity index (χ4v) is 1.79. The molecule has 0 radical (unpaired) electrons. The summed E-state index contributed by atoms with van der Waals surface area (Å²) in [6.45, 7) is 0. The number of alkyl halides is 3. The highest BCUT2D eigenvalue weighted by molar-refractivity contribution is 6.32. The zero-order valence-corrected chi connectivity index (χ0v) is 13.4. The van der Waals surface area contributed by atoms with Crippen LogP contribution in [0.15, 0.2) is 28.6 Å². The van der Waals surface area contributed by atoms with Crippen molar-refractivity contribution in [2.75, 3.05) is 19.5 Å². The second kappa shape index (κ2) is 8.18. The fraction of sp³-hybridized carbons (Fsp3) is 0.286. The summed E-state index contributed by atoms with van der Waals surface area (Å²) in [7, 11) is 3.33. The SMILES string of the molecule is CN(C)C(CC=NNc1ncc(C(F)(F)F)cc1Cl)=C(C#N)C#N. The summed E-state index contributed by atoms with van der Waals surface area (Å²) < 4.78 is 37.5. The maximum Gasteiger partial charge on any atom is 0.417 e. The third kappa shape index (κ3) is 5.14. The lowest BCUT2D eigenvalue weighted by atomic mass is 10.2. The van der Waals surface area contributed by atoms with Gasteiger partial charge < -0.3 is 4.90 Å². The molecule has 0 bridgehead atoms. The number of nitriles is 2. The van der Waals surface area contributed by atoms with E-state index in [4.69, 9.17) is 22.1 Å². The van der Waals surface area contributed by atoms with Crippen molar-refractivity contribution in [3.05, 3.63) is 34.1 Å². The summed E-state index contributed by atoms with van der Waals surface area (Å²) in [6.07, 6.45) is -2.39. The van der Waals surface area contributed by atoms with Crippen LogP contribution in [0, 0.1) is 22.7 Å². The number of halogens is 4. The third-order valence-corrected chi connectivity index (χ3v) is 3.06. The smallest absolute Gasteiger partial charge is 0.379 e. The lowest BCUT2D eigenvalue weighted by Crippen LogP contribution is -2.14. The Morgan fingerprint density at radius 1 is 1.42 bits per heavy atom. The highest BCUT2D eigenvalue weighted by Crippen LogP contribution is 2.32. The van der Waals surface area contributed by atoms with E-state index in [-0.39, 0.29) is 22.8 Å². The Balaban J connectivity index is 2.84. The molecule has 1 N–H and O–H groups in total. The van der Waals surface area contributed by atoms with Crippen LogP contribution in [0.4, 0.5) is 19.0 Å². The molecule has 0 unspecified atom stereocenters. The second-order valence-corrected chi connectivity index (χ2v) is 5.03. The van der Waals surface area contributed by atoms with Crippen molar-refractivity contribution < 1.29 is 13.2 Å². The van der Waals surface area contributed by atoms with Crippen LogP contribution in [0.25, 0.3) is 0 Å². The molecule has 24 heavy (non-hydrogen) atoms. The first-order valence-electron chi connectivity index (χ1n) is 6.41. The Morgan fingerprint density at radius 3 is 2.50 bits per heavy atom. The van der Waals surface area contributed by atoms with Gasteiger partial charge >= 0.3 is 6.18 Å². The molecule has 0 spiro atoms. The van der Waals surface area contributed by atoms with E-state index in [1.165, 1.54) is 6.21 Å². The minimum absolute atomic E-state index is 0.0444. The van der Waals surface area contributed by atoms with Gasteiger partial charge in [-0.05, 0) is 6.07 Å². The summed E-state index contributed by atoms with van der Waals surface area (Å²) in [5, 5.41) is 21.3. The molecular formula is C14H12ClF3N6. The van der Waals surface area contributed by atoms with E-state index in [1.54, 1.807) is 31.1 Å². The minimum atomic E-state index is -4.53. The van der Waals surface area contributed by atoms with E-state index in [9.17, 15) is 13.2 Å². The van der Waals surface area contributed by atoms with Gasteiger partial charge in [-0.15, -0.1) is 0 Å². The van der Waals surface area contributed by atoms with Crippen molar-refractivity contribution in [1.82, 2.24) is 9.88 Å². The maximum absolute atomic E-state index is 12.5. The van der Waals surface area contributed by atoms with Crippen LogP contribution in [-0.4, -0.2) is 30.2 Å². The van der Waals surface area contributed by atoms with Gasteiger partial charge in [0.05, 0.1) is 10.6 Å². The number of pyridine rings is 1. The molecule has 0 saturated heterocycles. The Morgan fingerprint density at radius 2 is 2.04 bits per heavy atom. The number of nitrogens with zero attached hydrogens (tertiary/aromatic N) is 5. The number of hydrazone groups is 1. The Bertz CT molecular complexity index is 724. The summed E-state index contributed by atoms with van der Waals surface area (Å²) >= 11 is 5.72. The molecule has 0 saturated carbocycles. The number of anilines is 1. The largest absolute Gasteiger partial charge is 0.417 e. The molecule has 1 aromatic heterocycles. The van der Waals surface area contributed by atoms with Gasteiger partial charge in [0.1, 0.15) is 17.7 Å². The molecule has 6 nitrogen and oxygen atoms in total. The van der Waals surface area contributed by atoms with Gasteiger partial charge in [-0.1, -0.05) is 11.6 Å². The number of hydrogen-bond donors (Lipinski definition) is 1. The summed E-state index contributed by atoms with van der Waals surface area (Å²) in [4.78, 5) is 5.15. The van der Waals surface area contributed by atoms with E-state index in [2.05, 4.69) is 15.5 Å². The Hall–Kier alpha value is -2.78.